The van der Waals surface area contributed by atoms with Crippen LogP contribution in [0.3, 0.4) is 0 Å². The summed E-state index contributed by atoms with van der Waals surface area (Å²) in [5, 5.41) is -0.0912. The van der Waals surface area contributed by atoms with Crippen LogP contribution in [0, 0.1) is 5.82 Å². The molecule has 1 heterocycles. The van der Waals surface area contributed by atoms with Crippen LogP contribution >= 0.6 is 11.8 Å². The van der Waals surface area contributed by atoms with Crippen molar-refractivity contribution in [2.24, 2.45) is 0 Å². The van der Waals surface area contributed by atoms with Crippen molar-refractivity contribution < 1.29 is 9.18 Å². The topological polar surface area (TPSA) is 20.3 Å². The normalized spacial score (nSPS) is 26.1. The second-order valence-electron chi connectivity index (χ2n) is 3.63. The molecule has 2 nitrogen and oxygen atoms in total. The maximum absolute atomic E-state index is 13.0. The fraction of sp³-hybridized carbons (Fsp3) is 0.364. The third-order valence-corrected chi connectivity index (χ3v) is 3.97. The first-order valence-corrected chi connectivity index (χ1v) is 5.71. The molecule has 4 heteroatoms. The van der Waals surface area contributed by atoms with Crippen molar-refractivity contribution in [3.8, 4) is 0 Å². The standard InChI is InChI=1S/C11H12FNOS/c1-7-10(14)13(2)11(15-7)8-4-3-5-9(12)6-8/h3-7,11H,1-2H3/t7-,11+/m1/s1. The molecule has 1 saturated heterocycles. The number of carbonyl (C=O) groups is 1. The molecular formula is C11H12FNOS. The maximum Gasteiger partial charge on any atom is 0.236 e. The van der Waals surface area contributed by atoms with E-state index in [-0.39, 0.29) is 22.3 Å². The maximum atomic E-state index is 13.0. The van der Waals surface area contributed by atoms with Crippen molar-refractivity contribution in [2.75, 3.05) is 7.05 Å². The molecule has 1 aromatic rings. The van der Waals surface area contributed by atoms with Crippen molar-refractivity contribution in [3.05, 3.63) is 35.6 Å². The zero-order chi connectivity index (χ0) is 11.0. The average molecular weight is 225 g/mol. The van der Waals surface area contributed by atoms with E-state index in [1.54, 1.807) is 29.8 Å². The number of benzene rings is 1. The first-order valence-electron chi connectivity index (χ1n) is 4.77. The number of halogens is 1. The quantitative estimate of drug-likeness (QED) is 0.731. The Hall–Kier alpha value is -1.03. The van der Waals surface area contributed by atoms with E-state index in [1.807, 2.05) is 13.0 Å². The van der Waals surface area contributed by atoms with Gasteiger partial charge in [0.15, 0.2) is 0 Å². The zero-order valence-electron chi connectivity index (χ0n) is 8.61. The number of carbonyl (C=O) groups excluding carboxylic acids is 1. The molecule has 2 rings (SSSR count). The van der Waals surface area contributed by atoms with E-state index in [2.05, 4.69) is 0 Å². The van der Waals surface area contributed by atoms with Gasteiger partial charge in [-0.2, -0.15) is 0 Å². The molecule has 0 N–H and O–H groups in total. The lowest BCUT2D eigenvalue weighted by Gasteiger charge is -2.18. The summed E-state index contributed by atoms with van der Waals surface area (Å²) in [6.07, 6.45) is 0. The fourth-order valence-corrected chi connectivity index (χ4v) is 2.97. The van der Waals surface area contributed by atoms with Crippen molar-refractivity contribution in [1.82, 2.24) is 4.90 Å². The summed E-state index contributed by atoms with van der Waals surface area (Å²) in [5.41, 5.74) is 0.847. The summed E-state index contributed by atoms with van der Waals surface area (Å²) in [6, 6.07) is 6.42. The molecule has 80 valence electrons. The number of rotatable bonds is 1. The Morgan fingerprint density at radius 1 is 1.47 bits per heavy atom. The van der Waals surface area contributed by atoms with Crippen LogP contribution in [0.5, 0.6) is 0 Å². The number of hydrogen-bond donors (Lipinski definition) is 0. The van der Waals surface area contributed by atoms with Crippen LogP contribution in [0.25, 0.3) is 0 Å². The van der Waals surface area contributed by atoms with Crippen LogP contribution in [0.1, 0.15) is 17.9 Å². The summed E-state index contributed by atoms with van der Waals surface area (Å²) < 4.78 is 13.0. The summed E-state index contributed by atoms with van der Waals surface area (Å²) in [5.74, 6) is -0.150. The van der Waals surface area contributed by atoms with Crippen LogP contribution < -0.4 is 0 Å². The van der Waals surface area contributed by atoms with Gasteiger partial charge in [-0.1, -0.05) is 12.1 Å². The molecule has 0 saturated carbocycles. The van der Waals surface area contributed by atoms with Gasteiger partial charge in [-0.05, 0) is 24.6 Å². The summed E-state index contributed by atoms with van der Waals surface area (Å²) in [7, 11) is 1.76. The first kappa shape index (κ1) is 10.5. The Kier molecular flexibility index (Phi) is 2.69. The van der Waals surface area contributed by atoms with Gasteiger partial charge in [-0.25, -0.2) is 4.39 Å². The largest absolute Gasteiger partial charge is 0.329 e. The SMILES string of the molecule is C[C@H]1S[C@@H](c2cccc(F)c2)N(C)C1=O. The lowest BCUT2D eigenvalue weighted by Crippen LogP contribution is -2.25. The molecule has 0 radical (unpaired) electrons. The van der Waals surface area contributed by atoms with Crippen molar-refractivity contribution in [3.63, 3.8) is 0 Å². The molecule has 1 fully saturated rings. The van der Waals surface area contributed by atoms with Crippen LogP contribution in [-0.4, -0.2) is 23.1 Å². The molecule has 0 spiro atoms. The first-order chi connectivity index (χ1) is 7.09. The van der Waals surface area contributed by atoms with E-state index in [1.165, 1.54) is 12.1 Å². The minimum atomic E-state index is -0.256. The van der Waals surface area contributed by atoms with Gasteiger partial charge in [0, 0.05) is 7.05 Å². The minimum Gasteiger partial charge on any atom is -0.329 e. The lowest BCUT2D eigenvalue weighted by molar-refractivity contribution is -0.128. The number of thioether (sulfide) groups is 1. The fourth-order valence-electron chi connectivity index (χ4n) is 1.71. The molecular weight excluding hydrogens is 213 g/mol. The Morgan fingerprint density at radius 2 is 2.20 bits per heavy atom. The lowest BCUT2D eigenvalue weighted by atomic mass is 10.2. The highest BCUT2D eigenvalue weighted by molar-refractivity contribution is 8.01. The van der Waals surface area contributed by atoms with Gasteiger partial charge >= 0.3 is 0 Å². The Balaban J connectivity index is 2.29. The molecule has 0 bridgehead atoms. The van der Waals surface area contributed by atoms with Crippen LogP contribution in [-0.2, 0) is 4.79 Å². The summed E-state index contributed by atoms with van der Waals surface area (Å²) in [6.45, 7) is 1.88. The number of hydrogen-bond acceptors (Lipinski definition) is 2. The van der Waals surface area contributed by atoms with Crippen LogP contribution in [0.4, 0.5) is 4.39 Å². The summed E-state index contributed by atoms with van der Waals surface area (Å²) in [4.78, 5) is 13.3. The molecule has 1 amide bonds. The Morgan fingerprint density at radius 3 is 2.73 bits per heavy atom. The molecule has 0 aliphatic carbocycles. The van der Waals surface area contributed by atoms with Gasteiger partial charge < -0.3 is 4.90 Å². The molecule has 0 unspecified atom stereocenters. The Labute approximate surface area is 92.5 Å². The highest BCUT2D eigenvalue weighted by atomic mass is 32.2. The second kappa shape index (κ2) is 3.85. The van der Waals surface area contributed by atoms with Crippen molar-refractivity contribution >= 4 is 17.7 Å². The third-order valence-electron chi connectivity index (χ3n) is 2.51. The van der Waals surface area contributed by atoms with Gasteiger partial charge in [-0.15, -0.1) is 11.8 Å². The van der Waals surface area contributed by atoms with E-state index in [9.17, 15) is 9.18 Å². The second-order valence-corrected chi connectivity index (χ2v) is 5.06. The molecule has 15 heavy (non-hydrogen) atoms. The molecule has 0 aromatic heterocycles. The van der Waals surface area contributed by atoms with E-state index >= 15 is 0 Å². The van der Waals surface area contributed by atoms with E-state index in [0.717, 1.165) is 5.56 Å². The van der Waals surface area contributed by atoms with Crippen molar-refractivity contribution in [1.29, 1.82) is 0 Å². The van der Waals surface area contributed by atoms with Gasteiger partial charge in [0.05, 0.1) is 5.25 Å². The van der Waals surface area contributed by atoms with Gasteiger partial charge in [-0.3, -0.25) is 4.79 Å². The monoisotopic (exact) mass is 225 g/mol. The third kappa shape index (κ3) is 1.86. The van der Waals surface area contributed by atoms with Gasteiger partial charge in [0.25, 0.3) is 0 Å². The van der Waals surface area contributed by atoms with Crippen LogP contribution in [0.2, 0.25) is 0 Å². The predicted octanol–water partition coefficient (Wildman–Crippen LogP) is 2.42. The average Bonchev–Trinajstić information content (AvgIpc) is 2.46. The number of amides is 1. The predicted molar refractivity (Wildman–Crippen MR) is 59.0 cm³/mol. The number of nitrogens with zero attached hydrogens (tertiary/aromatic N) is 1. The van der Waals surface area contributed by atoms with E-state index < -0.39 is 0 Å². The van der Waals surface area contributed by atoms with Gasteiger partial charge in [0.1, 0.15) is 11.2 Å². The minimum absolute atomic E-state index is 0.0386. The highest BCUT2D eigenvalue weighted by Crippen LogP contribution is 2.41. The van der Waals surface area contributed by atoms with Gasteiger partial charge in [0.2, 0.25) is 5.91 Å². The van der Waals surface area contributed by atoms with Crippen molar-refractivity contribution in [2.45, 2.75) is 17.5 Å². The van der Waals surface area contributed by atoms with E-state index in [4.69, 9.17) is 0 Å². The zero-order valence-corrected chi connectivity index (χ0v) is 9.42. The van der Waals surface area contributed by atoms with E-state index in [0.29, 0.717) is 0 Å². The molecule has 1 aliphatic heterocycles. The van der Waals surface area contributed by atoms with Crippen LogP contribution in [0.15, 0.2) is 24.3 Å². The molecule has 1 aromatic carbocycles. The molecule has 2 atom stereocenters. The molecule has 1 aliphatic rings. The Bertz CT molecular complexity index is 396. The summed E-state index contributed by atoms with van der Waals surface area (Å²) >= 11 is 1.55. The smallest absolute Gasteiger partial charge is 0.236 e. The highest BCUT2D eigenvalue weighted by Gasteiger charge is 2.35.